The van der Waals surface area contributed by atoms with Crippen molar-refractivity contribution in [3.63, 3.8) is 0 Å². The molecule has 1 atom stereocenters. The van der Waals surface area contributed by atoms with Crippen molar-refractivity contribution in [1.29, 1.82) is 0 Å². The van der Waals surface area contributed by atoms with Gasteiger partial charge in [0.15, 0.2) is 0 Å². The Kier molecular flexibility index (Phi) is 4.38. The fourth-order valence-corrected chi connectivity index (χ4v) is 3.66. The van der Waals surface area contributed by atoms with E-state index < -0.39 is 0 Å². The summed E-state index contributed by atoms with van der Waals surface area (Å²) in [7, 11) is 0. The van der Waals surface area contributed by atoms with Crippen molar-refractivity contribution < 1.29 is 0 Å². The van der Waals surface area contributed by atoms with Crippen LogP contribution in [-0.4, -0.2) is 19.1 Å². The molecular weight excluding hydrogens is 264 g/mol. The van der Waals surface area contributed by atoms with E-state index >= 15 is 0 Å². The number of nitrogens with zero attached hydrogens (tertiary/aromatic N) is 1. The zero-order valence-corrected chi connectivity index (χ0v) is 12.8. The molecule has 1 fully saturated rings. The van der Waals surface area contributed by atoms with Crippen molar-refractivity contribution in [3.05, 3.63) is 52.7 Å². The molecule has 0 radical (unpaired) electrons. The third kappa shape index (κ3) is 3.22. The lowest BCUT2D eigenvalue weighted by atomic mass is 10.0. The van der Waals surface area contributed by atoms with E-state index in [0.29, 0.717) is 12.1 Å². The Morgan fingerprint density at radius 3 is 2.50 bits per heavy atom. The minimum absolute atomic E-state index is 0.475. The summed E-state index contributed by atoms with van der Waals surface area (Å²) < 4.78 is 0. The lowest BCUT2D eigenvalue weighted by Crippen LogP contribution is -2.43. The molecule has 2 nitrogen and oxygen atoms in total. The molecule has 1 aliphatic heterocycles. The van der Waals surface area contributed by atoms with Crippen LogP contribution in [0.1, 0.15) is 30.7 Å². The van der Waals surface area contributed by atoms with Crippen LogP contribution >= 0.6 is 11.3 Å². The molecule has 1 saturated heterocycles. The molecule has 1 aromatic heterocycles. The summed E-state index contributed by atoms with van der Waals surface area (Å²) in [6.45, 7) is 4.58. The monoisotopic (exact) mass is 286 g/mol. The molecule has 0 saturated carbocycles. The molecule has 0 bridgehead atoms. The first kappa shape index (κ1) is 13.7. The van der Waals surface area contributed by atoms with Crippen LogP contribution in [0.3, 0.4) is 0 Å². The standard InChI is InChI=1S/C17H22N2S/c1-14(17-8-5-13-20-17)18-15-9-11-19(12-10-15)16-6-3-2-4-7-16/h2-8,13-15,18H,9-12H2,1H3/t14-/m1/s1. The SMILES string of the molecule is C[C@@H](NC1CCN(c2ccccc2)CC1)c1cccs1. The first-order valence-electron chi connectivity index (χ1n) is 7.42. The van der Waals surface area contributed by atoms with E-state index in [4.69, 9.17) is 0 Å². The average molecular weight is 286 g/mol. The first-order chi connectivity index (χ1) is 9.83. The smallest absolute Gasteiger partial charge is 0.0388 e. The lowest BCUT2D eigenvalue weighted by Gasteiger charge is -2.35. The minimum Gasteiger partial charge on any atom is -0.371 e. The Balaban J connectivity index is 1.51. The van der Waals surface area contributed by atoms with E-state index in [-0.39, 0.29) is 0 Å². The molecule has 20 heavy (non-hydrogen) atoms. The van der Waals surface area contributed by atoms with E-state index in [0.717, 1.165) is 13.1 Å². The van der Waals surface area contributed by atoms with Crippen LogP contribution in [-0.2, 0) is 0 Å². The molecule has 1 aliphatic rings. The summed E-state index contributed by atoms with van der Waals surface area (Å²) >= 11 is 1.84. The van der Waals surface area contributed by atoms with Gasteiger partial charge < -0.3 is 10.2 Å². The van der Waals surface area contributed by atoms with Gasteiger partial charge >= 0.3 is 0 Å². The van der Waals surface area contributed by atoms with Crippen LogP contribution in [0.25, 0.3) is 0 Å². The summed E-state index contributed by atoms with van der Waals surface area (Å²) in [4.78, 5) is 3.93. The Labute approximate surface area is 125 Å². The largest absolute Gasteiger partial charge is 0.371 e. The van der Waals surface area contributed by atoms with Gasteiger partial charge in [0.05, 0.1) is 0 Å². The highest BCUT2D eigenvalue weighted by atomic mass is 32.1. The van der Waals surface area contributed by atoms with Crippen molar-refractivity contribution in [2.24, 2.45) is 0 Å². The predicted octanol–water partition coefficient (Wildman–Crippen LogP) is 4.07. The highest BCUT2D eigenvalue weighted by Gasteiger charge is 2.21. The Morgan fingerprint density at radius 1 is 1.10 bits per heavy atom. The normalized spacial score (nSPS) is 18.1. The lowest BCUT2D eigenvalue weighted by molar-refractivity contribution is 0.383. The molecule has 106 valence electrons. The minimum atomic E-state index is 0.475. The molecule has 1 N–H and O–H groups in total. The van der Waals surface area contributed by atoms with E-state index in [2.05, 4.69) is 65.0 Å². The van der Waals surface area contributed by atoms with Crippen molar-refractivity contribution in [2.75, 3.05) is 18.0 Å². The van der Waals surface area contributed by atoms with Crippen molar-refractivity contribution in [2.45, 2.75) is 31.8 Å². The maximum Gasteiger partial charge on any atom is 0.0388 e. The molecule has 2 heterocycles. The number of para-hydroxylation sites is 1. The second-order valence-corrected chi connectivity index (χ2v) is 6.48. The van der Waals surface area contributed by atoms with Gasteiger partial charge in [0.1, 0.15) is 0 Å². The summed E-state index contributed by atoms with van der Waals surface area (Å²) in [6.07, 6.45) is 2.45. The number of thiophene rings is 1. The first-order valence-corrected chi connectivity index (χ1v) is 8.30. The molecule has 0 unspecified atom stereocenters. The number of piperidine rings is 1. The van der Waals surface area contributed by atoms with Crippen LogP contribution < -0.4 is 10.2 Å². The van der Waals surface area contributed by atoms with Crippen molar-refractivity contribution in [1.82, 2.24) is 5.32 Å². The maximum atomic E-state index is 3.78. The molecule has 2 aromatic rings. The van der Waals surface area contributed by atoms with Crippen LogP contribution in [0, 0.1) is 0 Å². The average Bonchev–Trinajstić information content (AvgIpc) is 3.03. The highest BCUT2D eigenvalue weighted by Crippen LogP contribution is 2.23. The maximum absolute atomic E-state index is 3.78. The molecule has 0 aliphatic carbocycles. The summed E-state index contributed by atoms with van der Waals surface area (Å²) in [5.41, 5.74) is 1.36. The number of nitrogens with one attached hydrogen (secondary N) is 1. The van der Waals surface area contributed by atoms with Gasteiger partial charge in [-0.2, -0.15) is 0 Å². The van der Waals surface area contributed by atoms with Crippen LogP contribution in [0.5, 0.6) is 0 Å². The zero-order chi connectivity index (χ0) is 13.8. The molecular formula is C17H22N2S. The van der Waals surface area contributed by atoms with Crippen molar-refractivity contribution >= 4 is 17.0 Å². The summed E-state index contributed by atoms with van der Waals surface area (Å²) in [5.74, 6) is 0. The Morgan fingerprint density at radius 2 is 1.85 bits per heavy atom. The van der Waals surface area contributed by atoms with Gasteiger partial charge in [-0.1, -0.05) is 24.3 Å². The van der Waals surface area contributed by atoms with Gasteiger partial charge in [-0.05, 0) is 43.3 Å². The second-order valence-electron chi connectivity index (χ2n) is 5.50. The third-order valence-electron chi connectivity index (χ3n) is 4.07. The fourth-order valence-electron chi connectivity index (χ4n) is 2.92. The summed E-state index contributed by atoms with van der Waals surface area (Å²) in [6, 6.07) is 16.2. The van der Waals surface area contributed by atoms with Gasteiger partial charge in [0.25, 0.3) is 0 Å². The number of rotatable bonds is 4. The quantitative estimate of drug-likeness (QED) is 0.911. The number of anilines is 1. The Bertz CT molecular complexity index is 501. The van der Waals surface area contributed by atoms with E-state index in [1.807, 2.05) is 11.3 Å². The predicted molar refractivity (Wildman–Crippen MR) is 87.5 cm³/mol. The number of hydrogen-bond donors (Lipinski definition) is 1. The molecule has 3 heteroatoms. The number of hydrogen-bond acceptors (Lipinski definition) is 3. The molecule has 0 amide bonds. The van der Waals surface area contributed by atoms with E-state index in [9.17, 15) is 0 Å². The Hall–Kier alpha value is -1.32. The van der Waals surface area contributed by atoms with E-state index in [1.54, 1.807) is 0 Å². The third-order valence-corrected chi connectivity index (χ3v) is 5.13. The fraction of sp³-hybridized carbons (Fsp3) is 0.412. The van der Waals surface area contributed by atoms with Crippen LogP contribution in [0.4, 0.5) is 5.69 Å². The molecule has 1 aromatic carbocycles. The van der Waals surface area contributed by atoms with Gasteiger partial charge in [-0.25, -0.2) is 0 Å². The number of benzene rings is 1. The topological polar surface area (TPSA) is 15.3 Å². The van der Waals surface area contributed by atoms with Gasteiger partial charge in [-0.3, -0.25) is 0 Å². The van der Waals surface area contributed by atoms with Crippen LogP contribution in [0.2, 0.25) is 0 Å². The van der Waals surface area contributed by atoms with E-state index in [1.165, 1.54) is 23.4 Å². The summed E-state index contributed by atoms with van der Waals surface area (Å²) in [5, 5.41) is 5.94. The zero-order valence-electron chi connectivity index (χ0n) is 12.0. The van der Waals surface area contributed by atoms with Gasteiger partial charge in [0, 0.05) is 35.7 Å². The highest BCUT2D eigenvalue weighted by molar-refractivity contribution is 7.10. The molecule has 0 spiro atoms. The molecule has 3 rings (SSSR count). The van der Waals surface area contributed by atoms with Gasteiger partial charge in [0.2, 0.25) is 0 Å². The van der Waals surface area contributed by atoms with Gasteiger partial charge in [-0.15, -0.1) is 11.3 Å². The van der Waals surface area contributed by atoms with Crippen molar-refractivity contribution in [3.8, 4) is 0 Å². The van der Waals surface area contributed by atoms with Crippen LogP contribution in [0.15, 0.2) is 47.8 Å². The second kappa shape index (κ2) is 6.42.